The highest BCUT2D eigenvalue weighted by Crippen LogP contribution is 2.24. The summed E-state index contributed by atoms with van der Waals surface area (Å²) in [6.45, 7) is -0.477. The van der Waals surface area contributed by atoms with Gasteiger partial charge in [-0.05, 0) is 28.6 Å². The molecule has 1 aromatic heterocycles. The zero-order valence-corrected chi connectivity index (χ0v) is 9.52. The molecule has 0 aliphatic rings. The fourth-order valence-corrected chi connectivity index (χ4v) is 1.49. The third kappa shape index (κ3) is 3.18. The zero-order valence-electron chi connectivity index (χ0n) is 9.52. The minimum atomic E-state index is -4.33. The lowest BCUT2D eigenvalue weighted by molar-refractivity contribution is -0.137. The maximum absolute atomic E-state index is 13.7. The molecular formula is C10H9F4N5. The summed E-state index contributed by atoms with van der Waals surface area (Å²) in [5.41, 5.74) is 5.59. The number of hydrogen-bond donors (Lipinski definition) is 1. The molecule has 0 spiro atoms. The van der Waals surface area contributed by atoms with Crippen molar-refractivity contribution in [2.75, 3.05) is 5.73 Å². The predicted molar refractivity (Wildman–Crippen MR) is 58.3 cm³/mol. The molecule has 0 aliphatic heterocycles. The second-order valence-electron chi connectivity index (χ2n) is 3.83. The van der Waals surface area contributed by atoms with Crippen LogP contribution in [-0.4, -0.2) is 26.4 Å². The first kappa shape index (κ1) is 13.2. The van der Waals surface area contributed by atoms with E-state index in [-0.39, 0.29) is 17.1 Å². The van der Waals surface area contributed by atoms with Gasteiger partial charge in [0.1, 0.15) is 5.82 Å². The number of nitrogens with two attached hydrogens (primary N) is 1. The van der Waals surface area contributed by atoms with Crippen molar-refractivity contribution in [2.24, 2.45) is 0 Å². The normalized spacial score (nSPS) is 11.8. The number of aryl methyl sites for hydroxylation is 1. The van der Waals surface area contributed by atoms with E-state index in [1.165, 1.54) is 12.1 Å². The van der Waals surface area contributed by atoms with E-state index < -0.39 is 25.0 Å². The summed E-state index contributed by atoms with van der Waals surface area (Å²) < 4.78 is 51.0. The number of halogens is 4. The van der Waals surface area contributed by atoms with Crippen LogP contribution in [0.5, 0.6) is 0 Å². The van der Waals surface area contributed by atoms with E-state index in [2.05, 4.69) is 15.5 Å². The van der Waals surface area contributed by atoms with Crippen molar-refractivity contribution in [1.29, 1.82) is 0 Å². The highest BCUT2D eigenvalue weighted by Gasteiger charge is 2.28. The van der Waals surface area contributed by atoms with E-state index in [1.54, 1.807) is 0 Å². The van der Waals surface area contributed by atoms with Crippen molar-refractivity contribution in [3.63, 3.8) is 0 Å². The minimum Gasteiger partial charge on any atom is -0.399 e. The van der Waals surface area contributed by atoms with Crippen LogP contribution in [0.1, 0.15) is 6.42 Å². The van der Waals surface area contributed by atoms with Gasteiger partial charge in [0.2, 0.25) is 0 Å². The summed E-state index contributed by atoms with van der Waals surface area (Å²) >= 11 is 0. The molecule has 0 saturated carbocycles. The van der Waals surface area contributed by atoms with Crippen molar-refractivity contribution < 1.29 is 17.6 Å². The lowest BCUT2D eigenvalue weighted by Crippen LogP contribution is -2.14. The van der Waals surface area contributed by atoms with Crippen LogP contribution in [0.25, 0.3) is 11.4 Å². The average molecular weight is 275 g/mol. The summed E-state index contributed by atoms with van der Waals surface area (Å²) in [6.07, 6.45) is -5.43. The Morgan fingerprint density at radius 3 is 2.63 bits per heavy atom. The molecule has 0 bridgehead atoms. The summed E-state index contributed by atoms with van der Waals surface area (Å²) in [5, 5.41) is 10.2. The fourth-order valence-electron chi connectivity index (χ4n) is 1.49. The highest BCUT2D eigenvalue weighted by atomic mass is 19.4. The van der Waals surface area contributed by atoms with E-state index in [1.807, 2.05) is 0 Å². The molecule has 0 aliphatic carbocycles. The predicted octanol–water partition coefficient (Wildman–Crippen LogP) is 2.01. The van der Waals surface area contributed by atoms with Gasteiger partial charge in [0.05, 0.1) is 18.5 Å². The first-order valence-corrected chi connectivity index (χ1v) is 5.25. The monoisotopic (exact) mass is 275 g/mol. The van der Waals surface area contributed by atoms with Crippen molar-refractivity contribution >= 4 is 5.69 Å². The van der Waals surface area contributed by atoms with Gasteiger partial charge in [-0.15, -0.1) is 5.10 Å². The number of benzene rings is 1. The molecule has 0 unspecified atom stereocenters. The molecule has 0 atom stereocenters. The summed E-state index contributed by atoms with van der Waals surface area (Å²) in [5.74, 6) is -0.759. The fraction of sp³-hybridized carbons (Fsp3) is 0.300. The lowest BCUT2D eigenvalue weighted by Gasteiger charge is -2.08. The third-order valence-corrected chi connectivity index (χ3v) is 2.37. The van der Waals surface area contributed by atoms with Crippen LogP contribution in [-0.2, 0) is 6.54 Å². The van der Waals surface area contributed by atoms with Crippen LogP contribution in [0.2, 0.25) is 0 Å². The Balaban J connectivity index is 2.28. The Labute approximate surface area is 105 Å². The van der Waals surface area contributed by atoms with E-state index in [0.717, 1.165) is 10.7 Å². The van der Waals surface area contributed by atoms with Gasteiger partial charge < -0.3 is 5.73 Å². The van der Waals surface area contributed by atoms with Gasteiger partial charge in [0.25, 0.3) is 0 Å². The Morgan fingerprint density at radius 2 is 2.00 bits per heavy atom. The maximum Gasteiger partial charge on any atom is 0.390 e. The second kappa shape index (κ2) is 4.82. The Bertz CT molecular complexity index is 578. The van der Waals surface area contributed by atoms with Crippen LogP contribution in [0, 0.1) is 5.82 Å². The largest absolute Gasteiger partial charge is 0.399 e. The van der Waals surface area contributed by atoms with Gasteiger partial charge >= 0.3 is 6.18 Å². The van der Waals surface area contributed by atoms with Crippen LogP contribution < -0.4 is 5.73 Å². The van der Waals surface area contributed by atoms with Crippen LogP contribution in [0.15, 0.2) is 18.2 Å². The molecule has 0 radical (unpaired) electrons. The maximum atomic E-state index is 13.7. The van der Waals surface area contributed by atoms with Gasteiger partial charge in [-0.2, -0.15) is 13.2 Å². The molecule has 5 nitrogen and oxygen atoms in total. The zero-order chi connectivity index (χ0) is 14.0. The number of rotatable bonds is 3. The van der Waals surface area contributed by atoms with Gasteiger partial charge in [-0.25, -0.2) is 9.07 Å². The molecule has 0 saturated heterocycles. The topological polar surface area (TPSA) is 69.6 Å². The van der Waals surface area contributed by atoms with E-state index in [9.17, 15) is 17.6 Å². The number of aromatic nitrogens is 4. The number of hydrogen-bond acceptors (Lipinski definition) is 4. The Morgan fingerprint density at radius 1 is 1.26 bits per heavy atom. The SMILES string of the molecule is Nc1ccc(-c2nnnn2CCC(F)(F)F)c(F)c1. The molecule has 1 aromatic carbocycles. The van der Waals surface area contributed by atoms with E-state index in [4.69, 9.17) is 5.73 Å². The van der Waals surface area contributed by atoms with Crippen LogP contribution in [0.4, 0.5) is 23.2 Å². The average Bonchev–Trinajstić information content (AvgIpc) is 2.73. The summed E-state index contributed by atoms with van der Waals surface area (Å²) in [7, 11) is 0. The second-order valence-corrected chi connectivity index (χ2v) is 3.83. The molecule has 0 fully saturated rings. The molecule has 19 heavy (non-hydrogen) atoms. The van der Waals surface area contributed by atoms with Gasteiger partial charge in [0.15, 0.2) is 5.82 Å². The number of anilines is 1. The molecule has 2 N–H and O–H groups in total. The number of nitrogens with zero attached hydrogens (tertiary/aromatic N) is 4. The molecular weight excluding hydrogens is 266 g/mol. The first-order chi connectivity index (χ1) is 8.87. The minimum absolute atomic E-state index is 0.00127. The van der Waals surface area contributed by atoms with Crippen LogP contribution >= 0.6 is 0 Å². The standard InChI is InChI=1S/C10H9F4N5/c11-8-5-6(15)1-2-7(8)9-16-17-18-19(9)4-3-10(12,13)14/h1-2,5H,3-4,15H2. The highest BCUT2D eigenvalue weighted by molar-refractivity contribution is 5.59. The summed E-state index contributed by atoms with van der Waals surface area (Å²) in [4.78, 5) is 0. The van der Waals surface area contributed by atoms with Gasteiger partial charge in [-0.3, -0.25) is 0 Å². The number of alkyl halides is 3. The van der Waals surface area contributed by atoms with Crippen molar-refractivity contribution in [3.8, 4) is 11.4 Å². The van der Waals surface area contributed by atoms with E-state index in [0.29, 0.717) is 0 Å². The van der Waals surface area contributed by atoms with Crippen LogP contribution in [0.3, 0.4) is 0 Å². The molecule has 2 aromatic rings. The van der Waals surface area contributed by atoms with E-state index >= 15 is 0 Å². The Hall–Kier alpha value is -2.19. The molecule has 1 heterocycles. The summed E-state index contributed by atoms with van der Waals surface area (Å²) in [6, 6.07) is 3.79. The van der Waals surface area contributed by atoms with Gasteiger partial charge in [-0.1, -0.05) is 0 Å². The lowest BCUT2D eigenvalue weighted by atomic mass is 10.2. The number of tetrazole rings is 1. The Kier molecular flexibility index (Phi) is 3.36. The van der Waals surface area contributed by atoms with Crippen molar-refractivity contribution in [3.05, 3.63) is 24.0 Å². The first-order valence-electron chi connectivity index (χ1n) is 5.25. The van der Waals surface area contributed by atoms with Crippen molar-refractivity contribution in [2.45, 2.75) is 19.1 Å². The number of nitrogen functional groups attached to an aromatic ring is 1. The molecule has 0 amide bonds. The smallest absolute Gasteiger partial charge is 0.390 e. The molecule has 9 heteroatoms. The molecule has 102 valence electrons. The van der Waals surface area contributed by atoms with Gasteiger partial charge in [0, 0.05) is 5.69 Å². The molecule has 2 rings (SSSR count). The third-order valence-electron chi connectivity index (χ3n) is 2.37. The van der Waals surface area contributed by atoms with Crippen molar-refractivity contribution in [1.82, 2.24) is 20.2 Å². The quantitative estimate of drug-likeness (QED) is 0.687.